The molecule has 0 bridgehead atoms. The Bertz CT molecular complexity index is 823. The van der Waals surface area contributed by atoms with Gasteiger partial charge in [-0.05, 0) is 49.9 Å². The summed E-state index contributed by atoms with van der Waals surface area (Å²) in [5.41, 5.74) is -0.469. The summed E-state index contributed by atoms with van der Waals surface area (Å²) in [6, 6.07) is 5.68. The Morgan fingerprint density at radius 1 is 1.13 bits per heavy atom. The van der Waals surface area contributed by atoms with Crippen molar-refractivity contribution in [2.45, 2.75) is 63.0 Å². The van der Waals surface area contributed by atoms with Crippen molar-refractivity contribution in [3.8, 4) is 5.75 Å². The van der Waals surface area contributed by atoms with E-state index < -0.39 is 11.6 Å². The van der Waals surface area contributed by atoms with Crippen LogP contribution in [-0.4, -0.2) is 65.3 Å². The maximum atomic E-state index is 13.2. The van der Waals surface area contributed by atoms with Crippen molar-refractivity contribution in [3.63, 3.8) is 0 Å². The molecule has 1 aliphatic carbocycles. The summed E-state index contributed by atoms with van der Waals surface area (Å²) in [5.74, 6) is -0.0865. The minimum atomic E-state index is -0.632. The van der Waals surface area contributed by atoms with Crippen molar-refractivity contribution < 1.29 is 23.5 Å². The molecule has 7 nitrogen and oxygen atoms in total. The summed E-state index contributed by atoms with van der Waals surface area (Å²) in [7, 11) is 0. The minimum absolute atomic E-state index is 0.0186. The second-order valence-electron chi connectivity index (χ2n) is 8.73. The van der Waals surface area contributed by atoms with E-state index >= 15 is 0 Å². The Labute approximate surface area is 181 Å². The molecule has 1 atom stereocenters. The van der Waals surface area contributed by atoms with Crippen molar-refractivity contribution >= 4 is 17.7 Å². The van der Waals surface area contributed by atoms with Gasteiger partial charge in [0, 0.05) is 26.1 Å². The van der Waals surface area contributed by atoms with Gasteiger partial charge in [0.25, 0.3) is 5.91 Å². The van der Waals surface area contributed by atoms with Gasteiger partial charge in [0.05, 0.1) is 5.54 Å². The Kier molecular flexibility index (Phi) is 6.43. The number of ether oxygens (including phenoxy) is 1. The van der Waals surface area contributed by atoms with Crippen LogP contribution in [0.5, 0.6) is 5.75 Å². The van der Waals surface area contributed by atoms with Gasteiger partial charge in [0.2, 0.25) is 11.8 Å². The van der Waals surface area contributed by atoms with Crippen LogP contribution in [0.25, 0.3) is 0 Å². The summed E-state index contributed by atoms with van der Waals surface area (Å²) in [5, 5.41) is 2.88. The van der Waals surface area contributed by atoms with Gasteiger partial charge in [-0.1, -0.05) is 19.3 Å². The fourth-order valence-electron chi connectivity index (χ4n) is 5.04. The van der Waals surface area contributed by atoms with Gasteiger partial charge < -0.3 is 19.9 Å². The van der Waals surface area contributed by atoms with E-state index in [4.69, 9.17) is 4.74 Å². The normalized spacial score (nSPS) is 22.5. The number of nitrogens with zero attached hydrogens (tertiary/aromatic N) is 2. The average Bonchev–Trinajstić information content (AvgIpc) is 3.19. The molecule has 1 N–H and O–H groups in total. The van der Waals surface area contributed by atoms with E-state index in [1.165, 1.54) is 24.3 Å². The lowest BCUT2D eigenvalue weighted by Crippen LogP contribution is -2.77. The van der Waals surface area contributed by atoms with Crippen LogP contribution in [0, 0.1) is 5.82 Å². The van der Waals surface area contributed by atoms with E-state index in [1.54, 1.807) is 4.90 Å². The zero-order chi connectivity index (χ0) is 21.8. The molecule has 2 heterocycles. The average molecular weight is 432 g/mol. The van der Waals surface area contributed by atoms with Gasteiger partial charge in [-0.25, -0.2) is 4.39 Å². The number of halogens is 1. The number of hydrogen-bond donors (Lipinski definition) is 1. The van der Waals surface area contributed by atoms with Crippen LogP contribution in [0.1, 0.15) is 51.4 Å². The van der Waals surface area contributed by atoms with Crippen LogP contribution in [0.2, 0.25) is 0 Å². The molecule has 0 aromatic heterocycles. The first kappa shape index (κ1) is 21.6. The van der Waals surface area contributed by atoms with Crippen molar-refractivity contribution in [2.75, 3.05) is 26.2 Å². The molecule has 168 valence electrons. The zero-order valence-corrected chi connectivity index (χ0v) is 17.8. The highest BCUT2D eigenvalue weighted by atomic mass is 19.1. The molecule has 4 rings (SSSR count). The van der Waals surface area contributed by atoms with Gasteiger partial charge in [0.1, 0.15) is 18.1 Å². The number of amides is 3. The zero-order valence-electron chi connectivity index (χ0n) is 17.8. The number of β-lactam (4-membered cyclic amide) rings is 1. The third-order valence-corrected chi connectivity index (χ3v) is 6.70. The molecule has 31 heavy (non-hydrogen) atoms. The molecule has 3 amide bonds. The standard InChI is InChI=1S/C23H30FN3O4/c24-17-7-9-18(10-8-17)31-21-22(30)27(23(21)11-2-1-3-12-23)16-19(28)25-13-5-15-26-14-4-6-20(26)29/h7-10,21H,1-6,11-16H2,(H,25,28). The lowest BCUT2D eigenvalue weighted by atomic mass is 9.70. The van der Waals surface area contributed by atoms with Gasteiger partial charge in [0.15, 0.2) is 6.10 Å². The molecular weight excluding hydrogens is 401 g/mol. The topological polar surface area (TPSA) is 79.0 Å². The van der Waals surface area contributed by atoms with Crippen LogP contribution in [0.3, 0.4) is 0 Å². The molecule has 8 heteroatoms. The summed E-state index contributed by atoms with van der Waals surface area (Å²) in [6.45, 7) is 1.95. The van der Waals surface area contributed by atoms with Crippen LogP contribution < -0.4 is 10.1 Å². The van der Waals surface area contributed by atoms with Gasteiger partial charge in [-0.15, -0.1) is 0 Å². The maximum Gasteiger partial charge on any atom is 0.267 e. The van der Waals surface area contributed by atoms with Crippen LogP contribution in [-0.2, 0) is 14.4 Å². The second-order valence-corrected chi connectivity index (χ2v) is 8.73. The Morgan fingerprint density at radius 2 is 1.87 bits per heavy atom. The van der Waals surface area contributed by atoms with E-state index in [2.05, 4.69) is 5.32 Å². The summed E-state index contributed by atoms with van der Waals surface area (Å²) >= 11 is 0. The van der Waals surface area contributed by atoms with Crippen LogP contribution >= 0.6 is 0 Å². The highest BCUT2D eigenvalue weighted by molar-refractivity contribution is 5.94. The van der Waals surface area contributed by atoms with Crippen molar-refractivity contribution in [1.82, 2.24) is 15.1 Å². The predicted octanol–water partition coefficient (Wildman–Crippen LogP) is 2.25. The number of likely N-dealkylation sites (tertiary alicyclic amines) is 2. The monoisotopic (exact) mass is 431 g/mol. The second kappa shape index (κ2) is 9.24. The number of nitrogens with one attached hydrogen (secondary N) is 1. The first-order valence-corrected chi connectivity index (χ1v) is 11.3. The molecule has 0 radical (unpaired) electrons. The number of carbonyl (C=O) groups excluding carboxylic acids is 3. The summed E-state index contributed by atoms with van der Waals surface area (Å²) < 4.78 is 19.2. The molecule has 3 fully saturated rings. The highest BCUT2D eigenvalue weighted by Gasteiger charge is 2.62. The third kappa shape index (κ3) is 4.52. The number of hydrogen-bond acceptors (Lipinski definition) is 4. The number of carbonyl (C=O) groups is 3. The van der Waals surface area contributed by atoms with Crippen molar-refractivity contribution in [2.24, 2.45) is 0 Å². The molecule has 2 aliphatic heterocycles. The third-order valence-electron chi connectivity index (χ3n) is 6.70. The van der Waals surface area contributed by atoms with Crippen molar-refractivity contribution in [1.29, 1.82) is 0 Å². The summed E-state index contributed by atoms with van der Waals surface area (Å²) in [6.07, 6.45) is 6.27. The van der Waals surface area contributed by atoms with Crippen LogP contribution in [0.15, 0.2) is 24.3 Å². The Hall–Kier alpha value is -2.64. The van der Waals surface area contributed by atoms with E-state index in [1.807, 2.05) is 4.90 Å². The molecule has 1 aromatic carbocycles. The van der Waals surface area contributed by atoms with E-state index in [0.717, 1.165) is 45.1 Å². The predicted molar refractivity (Wildman–Crippen MR) is 112 cm³/mol. The molecule has 1 saturated carbocycles. The largest absolute Gasteiger partial charge is 0.478 e. The van der Waals surface area contributed by atoms with E-state index in [9.17, 15) is 18.8 Å². The van der Waals surface area contributed by atoms with Gasteiger partial charge in [-0.3, -0.25) is 14.4 Å². The Morgan fingerprint density at radius 3 is 2.55 bits per heavy atom. The summed E-state index contributed by atoms with van der Waals surface area (Å²) in [4.78, 5) is 40.5. The quantitative estimate of drug-likeness (QED) is 0.506. The SMILES string of the molecule is O=C(CN1C(=O)C(Oc2ccc(F)cc2)C12CCCCC2)NCCCN1CCCC1=O. The molecule has 1 spiro atoms. The van der Waals surface area contributed by atoms with Gasteiger partial charge in [-0.2, -0.15) is 0 Å². The molecular formula is C23H30FN3O4. The molecule has 2 saturated heterocycles. The molecule has 1 unspecified atom stereocenters. The van der Waals surface area contributed by atoms with Crippen molar-refractivity contribution in [3.05, 3.63) is 30.1 Å². The lowest BCUT2D eigenvalue weighted by molar-refractivity contribution is -0.187. The maximum absolute atomic E-state index is 13.2. The van der Waals surface area contributed by atoms with Crippen LogP contribution in [0.4, 0.5) is 4.39 Å². The van der Waals surface area contributed by atoms with E-state index in [0.29, 0.717) is 31.7 Å². The van der Waals surface area contributed by atoms with Gasteiger partial charge >= 0.3 is 0 Å². The molecule has 3 aliphatic rings. The highest BCUT2D eigenvalue weighted by Crippen LogP contribution is 2.45. The lowest BCUT2D eigenvalue weighted by Gasteiger charge is -2.58. The molecule has 1 aromatic rings. The fourth-order valence-corrected chi connectivity index (χ4v) is 5.04. The fraction of sp³-hybridized carbons (Fsp3) is 0.609. The minimum Gasteiger partial charge on any atom is -0.478 e. The number of benzene rings is 1. The van der Waals surface area contributed by atoms with E-state index in [-0.39, 0.29) is 30.1 Å². The Balaban J connectivity index is 1.31. The smallest absolute Gasteiger partial charge is 0.267 e. The number of rotatable bonds is 8. The first-order chi connectivity index (χ1) is 15.0. The first-order valence-electron chi connectivity index (χ1n) is 11.3.